The van der Waals surface area contributed by atoms with E-state index in [0.29, 0.717) is 11.8 Å². The third kappa shape index (κ3) is 5.20. The first-order valence-corrected chi connectivity index (χ1v) is 11.3. The van der Waals surface area contributed by atoms with Crippen LogP contribution >= 0.6 is 11.6 Å². The minimum absolute atomic E-state index is 0.00943. The van der Waals surface area contributed by atoms with Gasteiger partial charge in [0.2, 0.25) is 17.2 Å². The Morgan fingerprint density at radius 3 is 1.97 bits per heavy atom. The quantitative estimate of drug-likeness (QED) is 0.389. The molecule has 0 bridgehead atoms. The molecule has 0 aliphatic carbocycles. The number of benzene rings is 2. The third-order valence-corrected chi connectivity index (χ3v) is 5.78. The molecule has 3 rings (SSSR count). The van der Waals surface area contributed by atoms with Crippen molar-refractivity contribution >= 4 is 55.1 Å². The topological polar surface area (TPSA) is 171 Å². The Balaban J connectivity index is 2.05. The summed E-state index contributed by atoms with van der Waals surface area (Å²) >= 11 is 5.91. The maximum Gasteiger partial charge on any atom is 0.296 e. The van der Waals surface area contributed by atoms with Crippen LogP contribution in [0.25, 0.3) is 0 Å². The van der Waals surface area contributed by atoms with Gasteiger partial charge in [0.25, 0.3) is 20.2 Å². The molecule has 1 aromatic heterocycles. The van der Waals surface area contributed by atoms with Crippen LogP contribution < -0.4 is 10.6 Å². The molecule has 0 saturated heterocycles. The van der Waals surface area contributed by atoms with Gasteiger partial charge in [0, 0.05) is 5.69 Å². The van der Waals surface area contributed by atoms with E-state index >= 15 is 0 Å². The lowest BCUT2D eigenvalue weighted by Gasteiger charge is -2.13. The number of nitrogens with one attached hydrogen (secondary N) is 2. The summed E-state index contributed by atoms with van der Waals surface area (Å²) < 4.78 is 65.2. The fourth-order valence-corrected chi connectivity index (χ4v) is 4.11. The number of para-hydroxylation sites is 1. The predicted molar refractivity (Wildman–Crippen MR) is 109 cm³/mol. The van der Waals surface area contributed by atoms with E-state index < -0.39 is 30.0 Å². The Morgan fingerprint density at radius 2 is 1.40 bits per heavy atom. The Labute approximate surface area is 176 Å². The smallest absolute Gasteiger partial charge is 0.296 e. The second-order valence-electron chi connectivity index (χ2n) is 5.93. The molecule has 0 saturated carbocycles. The Hall–Kier alpha value is -2.84. The van der Waals surface area contributed by atoms with Crippen molar-refractivity contribution in [3.05, 3.63) is 53.3 Å². The van der Waals surface area contributed by atoms with Gasteiger partial charge in [-0.2, -0.15) is 31.8 Å². The van der Waals surface area contributed by atoms with Crippen LogP contribution in [0, 0.1) is 6.92 Å². The summed E-state index contributed by atoms with van der Waals surface area (Å²) in [5.74, 6) is -0.138. The molecule has 0 aliphatic heterocycles. The highest BCUT2D eigenvalue weighted by Gasteiger charge is 2.23. The van der Waals surface area contributed by atoms with Crippen LogP contribution in [0.1, 0.15) is 5.56 Å². The first kappa shape index (κ1) is 21.9. The molecule has 3 aromatic rings. The minimum atomic E-state index is -4.88. The molecule has 0 atom stereocenters. The van der Waals surface area contributed by atoms with Gasteiger partial charge in [-0.1, -0.05) is 18.2 Å². The lowest BCUT2D eigenvalue weighted by Crippen LogP contribution is -2.10. The van der Waals surface area contributed by atoms with E-state index in [9.17, 15) is 25.9 Å². The molecule has 11 nitrogen and oxygen atoms in total. The van der Waals surface area contributed by atoms with Gasteiger partial charge in [-0.3, -0.25) is 9.11 Å². The number of anilines is 4. The minimum Gasteiger partial charge on any atom is -0.324 e. The maximum atomic E-state index is 11.8. The van der Waals surface area contributed by atoms with Gasteiger partial charge in [-0.15, -0.1) is 0 Å². The third-order valence-electron chi connectivity index (χ3n) is 3.72. The summed E-state index contributed by atoms with van der Waals surface area (Å²) in [7, 11) is -9.61. The van der Waals surface area contributed by atoms with E-state index in [1.54, 1.807) is 24.3 Å². The zero-order valence-corrected chi connectivity index (χ0v) is 17.5. The average molecular weight is 472 g/mol. The number of aromatic nitrogens is 3. The standard InChI is InChI=1S/C16H14ClN5O6S2/c1-9-7-11(13(30(26,27)28)8-12(9)29(23,24)25)19-16-21-14(17)20-15(22-16)18-10-5-3-2-4-6-10/h2-8H,1H3,(H,23,24,25)(H,26,27,28)(H2,18,19,20,21,22). The van der Waals surface area contributed by atoms with Crippen molar-refractivity contribution in [1.29, 1.82) is 0 Å². The van der Waals surface area contributed by atoms with E-state index in [4.69, 9.17) is 11.6 Å². The van der Waals surface area contributed by atoms with Crippen LogP contribution in [0.2, 0.25) is 5.28 Å². The first-order valence-electron chi connectivity index (χ1n) is 8.04. The van der Waals surface area contributed by atoms with Gasteiger partial charge in [-0.05, 0) is 48.4 Å². The number of aryl methyl sites for hydroxylation is 1. The summed E-state index contributed by atoms with van der Waals surface area (Å²) in [5, 5.41) is 5.24. The van der Waals surface area contributed by atoms with Gasteiger partial charge >= 0.3 is 0 Å². The molecule has 0 fully saturated rings. The van der Waals surface area contributed by atoms with Gasteiger partial charge in [-0.25, -0.2) is 0 Å². The number of hydrogen-bond donors (Lipinski definition) is 4. The molecule has 30 heavy (non-hydrogen) atoms. The molecule has 0 spiro atoms. The van der Waals surface area contributed by atoms with Crippen molar-refractivity contribution in [1.82, 2.24) is 15.0 Å². The fourth-order valence-electron chi connectivity index (χ4n) is 2.49. The van der Waals surface area contributed by atoms with Crippen molar-refractivity contribution in [3.63, 3.8) is 0 Å². The Bertz CT molecular complexity index is 1320. The van der Waals surface area contributed by atoms with Crippen LogP contribution in [-0.2, 0) is 20.2 Å². The molecule has 0 unspecified atom stereocenters. The molecule has 14 heteroatoms. The van der Waals surface area contributed by atoms with Crippen molar-refractivity contribution in [3.8, 4) is 0 Å². The molecule has 0 amide bonds. The summed E-state index contributed by atoms with van der Waals surface area (Å²) in [5.41, 5.74) is 0.420. The van der Waals surface area contributed by atoms with Crippen molar-refractivity contribution in [2.45, 2.75) is 16.7 Å². The van der Waals surface area contributed by atoms with Gasteiger partial charge in [0.05, 0.1) is 10.6 Å². The highest BCUT2D eigenvalue weighted by atomic mass is 35.5. The monoisotopic (exact) mass is 471 g/mol. The van der Waals surface area contributed by atoms with Crippen LogP contribution in [0.4, 0.5) is 23.3 Å². The second-order valence-corrected chi connectivity index (χ2v) is 9.05. The van der Waals surface area contributed by atoms with Gasteiger partial charge in [0.15, 0.2) is 0 Å². The van der Waals surface area contributed by atoms with E-state index in [1.165, 1.54) is 6.92 Å². The number of nitrogens with zero attached hydrogens (tertiary/aromatic N) is 3. The molecule has 0 radical (unpaired) electrons. The van der Waals surface area contributed by atoms with Gasteiger partial charge < -0.3 is 10.6 Å². The van der Waals surface area contributed by atoms with E-state index in [-0.39, 0.29) is 28.4 Å². The lowest BCUT2D eigenvalue weighted by atomic mass is 10.2. The van der Waals surface area contributed by atoms with Crippen molar-refractivity contribution in [2.75, 3.05) is 10.6 Å². The van der Waals surface area contributed by atoms with Crippen LogP contribution in [-0.4, -0.2) is 40.9 Å². The SMILES string of the molecule is Cc1cc(Nc2nc(Cl)nc(Nc3ccccc3)n2)c(S(=O)(=O)O)cc1S(=O)(=O)O. The van der Waals surface area contributed by atoms with Gasteiger partial charge in [0.1, 0.15) is 4.90 Å². The molecular weight excluding hydrogens is 458 g/mol. The zero-order chi connectivity index (χ0) is 22.1. The Morgan fingerprint density at radius 1 is 0.833 bits per heavy atom. The van der Waals surface area contributed by atoms with E-state index in [1.807, 2.05) is 6.07 Å². The predicted octanol–water partition coefficient (Wildman–Crippen LogP) is 2.81. The molecule has 2 aromatic carbocycles. The maximum absolute atomic E-state index is 11.8. The number of halogens is 1. The zero-order valence-electron chi connectivity index (χ0n) is 15.1. The lowest BCUT2D eigenvalue weighted by molar-refractivity contribution is 0.481. The van der Waals surface area contributed by atoms with Crippen molar-refractivity contribution in [2.24, 2.45) is 0 Å². The average Bonchev–Trinajstić information content (AvgIpc) is 2.60. The second kappa shape index (κ2) is 8.12. The van der Waals surface area contributed by atoms with E-state index in [0.717, 1.165) is 6.07 Å². The molecule has 4 N–H and O–H groups in total. The highest BCUT2D eigenvalue weighted by Crippen LogP contribution is 2.30. The first-order chi connectivity index (χ1) is 13.9. The fraction of sp³-hybridized carbons (Fsp3) is 0.0625. The Kier molecular flexibility index (Phi) is 5.92. The summed E-state index contributed by atoms with van der Waals surface area (Å²) in [6, 6.07) is 10.6. The van der Waals surface area contributed by atoms with E-state index in [2.05, 4.69) is 25.6 Å². The van der Waals surface area contributed by atoms with Crippen LogP contribution in [0.5, 0.6) is 0 Å². The normalized spacial score (nSPS) is 11.9. The molecule has 1 heterocycles. The molecule has 0 aliphatic rings. The summed E-state index contributed by atoms with van der Waals surface area (Å²) in [6.45, 7) is 1.32. The van der Waals surface area contributed by atoms with Crippen molar-refractivity contribution < 1.29 is 25.9 Å². The van der Waals surface area contributed by atoms with Crippen LogP contribution in [0.15, 0.2) is 52.3 Å². The molecule has 158 valence electrons. The number of rotatable bonds is 6. The van der Waals surface area contributed by atoms with Crippen LogP contribution in [0.3, 0.4) is 0 Å². The largest absolute Gasteiger partial charge is 0.324 e. The number of hydrogen-bond acceptors (Lipinski definition) is 9. The summed E-state index contributed by atoms with van der Waals surface area (Å²) in [4.78, 5) is 10.3. The molecular formula is C16H14ClN5O6S2. The summed E-state index contributed by atoms with van der Waals surface area (Å²) in [6.07, 6.45) is 0. The highest BCUT2D eigenvalue weighted by molar-refractivity contribution is 7.86.